The van der Waals surface area contributed by atoms with Crippen molar-refractivity contribution in [2.75, 3.05) is 275 Å². The number of nitrogens with zero attached hydrogens (tertiary/aromatic N) is 16. The maximum absolute atomic E-state index is 11.2. The second-order valence-corrected chi connectivity index (χ2v) is 49.7. The van der Waals surface area contributed by atoms with E-state index in [4.69, 9.17) is 35.7 Å². The SMILES string of the molecule is CCCCCN1CCCCCC1.CCCCN1CCCCCC1.CCN1CCCCCC1.N#CCCCN1CCCCCC1.N#CCCN1CCCCCC1.N#CCN1CCCCCC1.N#CCN1CCS(=O)(=O)CC1.O=S1(=O)CCN(CCO)CC1.O=S1(=O)CCN(Cc2ccco2)CC1.O=S1(=O)CCN(Cc2cccs2)CC1.OCCN1CCCCCC1.c1ccc(CN2CCCCCC2)cc1. The normalized spacial score (nSPS) is 21.9. The van der Waals surface area contributed by atoms with E-state index < -0.39 is 39.3 Å². The standard InChI is InChI=1S/C13H19N.C11H23N.C10H18N2.C10H21N.C9H16N2.C9H13NO3S.C9H13NO2S2.C8H14N2.C8H17NO.C8H17N.C6H10N2O2S.C6H13NO3S/c1-2-7-11-14(10-6-1)12-13-8-4-3-5-9-13;1-2-3-6-9-12-10-7-4-5-8-11-12;11-7-3-6-10-12-8-4-1-2-5-9-12;1-2-3-8-11-9-6-4-5-7-10-11;10-6-5-9-11-7-3-1-2-4-8-11;2*11-14(12)6-3-10(4-7-14)8-9-2-1-5-13-9;9-5-8-10-6-3-1-2-4-7-10;10-8-7-9-5-3-1-2-4-6-9;1-2-9-7-5-3-4-6-8-9;7-1-2-8-3-5-11(9,10)6-4-8;8-4-1-7-2-5-11(9,10)6-3-7/h3-5,8-9H,1-2,6-7,10-12H2;2-11H2,1H3;1-6,8-10H2;2-10H2,1H3;1-5,7-9H2;2*1-2,5H,3-4,6-8H2;1-4,6-8H2;10H,1-8H2;2-8H2,1H3;2-6H2;8H,1-6H2. The van der Waals surface area contributed by atoms with Crippen LogP contribution in [0.25, 0.3) is 0 Å². The van der Waals surface area contributed by atoms with Crippen molar-refractivity contribution in [1.82, 2.24) is 58.8 Å². The average molecular weight is 2040 g/mol. The molecular weight excluding hydrogens is 1850 g/mol. The molecule has 14 heterocycles. The van der Waals surface area contributed by atoms with E-state index in [0.29, 0.717) is 103 Å². The molecule has 0 saturated carbocycles. The molecule has 3 aromatic rings. The van der Waals surface area contributed by atoms with Gasteiger partial charge < -0.3 is 44.0 Å². The molecule has 0 bridgehead atoms. The molecule has 0 amide bonds. The van der Waals surface area contributed by atoms with Crippen molar-refractivity contribution in [3.05, 3.63) is 82.4 Å². The van der Waals surface area contributed by atoms with Gasteiger partial charge in [0.2, 0.25) is 0 Å². The first-order valence-electron chi connectivity index (χ1n) is 54.9. The highest BCUT2D eigenvalue weighted by Gasteiger charge is 2.26. The number of benzene rings is 1. The van der Waals surface area contributed by atoms with Crippen LogP contribution in [0.15, 0.2) is 70.7 Å². The fourth-order valence-electron chi connectivity index (χ4n) is 18.7. The van der Waals surface area contributed by atoms with Crippen LogP contribution in [0.3, 0.4) is 0 Å². The quantitative estimate of drug-likeness (QED) is 0.0588. The number of sulfone groups is 4. The predicted molar refractivity (Wildman–Crippen MR) is 576 cm³/mol. The molecule has 12 saturated heterocycles. The first kappa shape index (κ1) is 127. The van der Waals surface area contributed by atoms with Gasteiger partial charge in [-0.25, -0.2) is 33.7 Å². The zero-order valence-electron chi connectivity index (χ0n) is 87.4. The third-order valence-corrected chi connectivity index (χ3v) is 34.9. The van der Waals surface area contributed by atoms with Crippen molar-refractivity contribution in [2.24, 2.45) is 0 Å². The molecule has 12 fully saturated rings. The fourth-order valence-corrected chi connectivity index (χ4v) is 24.5. The lowest BCUT2D eigenvalue weighted by molar-refractivity contribution is 0.200. The van der Waals surface area contributed by atoms with Gasteiger partial charge in [-0.1, -0.05) is 179 Å². The summed E-state index contributed by atoms with van der Waals surface area (Å²) in [6.07, 6.45) is 55.5. The Labute approximate surface area is 852 Å². The molecule has 15 rings (SSSR count). The number of thiophene rings is 1. The first-order chi connectivity index (χ1) is 67.6. The summed E-state index contributed by atoms with van der Waals surface area (Å²) in [5.74, 6) is 2.96. The molecule has 12 aliphatic heterocycles. The third kappa shape index (κ3) is 70.0. The van der Waals surface area contributed by atoms with E-state index >= 15 is 0 Å². The minimum atomic E-state index is -2.79. The van der Waals surface area contributed by atoms with E-state index in [1.54, 1.807) is 17.6 Å². The summed E-state index contributed by atoms with van der Waals surface area (Å²) in [4.78, 5) is 29.4. The Morgan fingerprint density at radius 2 is 0.590 bits per heavy atom. The molecule has 0 aliphatic carbocycles. The molecule has 1 aromatic carbocycles. The van der Waals surface area contributed by atoms with Gasteiger partial charge in [-0.3, -0.25) is 29.4 Å². The Balaban J connectivity index is 0.000000317. The van der Waals surface area contributed by atoms with Crippen LogP contribution < -0.4 is 0 Å². The Morgan fingerprint density at radius 1 is 0.288 bits per heavy atom. The summed E-state index contributed by atoms with van der Waals surface area (Å²) in [6.45, 7) is 43.5. The molecule has 0 unspecified atom stereocenters. The number of rotatable bonds is 25. The van der Waals surface area contributed by atoms with Gasteiger partial charge >= 0.3 is 0 Å². The summed E-state index contributed by atoms with van der Waals surface area (Å²) >= 11 is 1.73. The number of nitriles is 4. The van der Waals surface area contributed by atoms with E-state index in [0.717, 1.165) is 64.4 Å². The van der Waals surface area contributed by atoms with E-state index in [2.05, 4.69) is 130 Å². The highest BCUT2D eigenvalue weighted by Crippen LogP contribution is 2.20. The van der Waals surface area contributed by atoms with E-state index in [1.165, 1.54) is 359 Å². The van der Waals surface area contributed by atoms with Crippen LogP contribution in [-0.2, 0) is 59.0 Å². The van der Waals surface area contributed by atoms with E-state index in [9.17, 15) is 33.7 Å². The molecular formula is C107H194N16O11S5. The number of unbranched alkanes of at least 4 members (excludes halogenated alkanes) is 4. The molecule has 0 spiro atoms. The number of furan rings is 1. The van der Waals surface area contributed by atoms with Crippen molar-refractivity contribution >= 4 is 50.7 Å². The van der Waals surface area contributed by atoms with Gasteiger partial charge in [0.25, 0.3) is 0 Å². The van der Waals surface area contributed by atoms with Gasteiger partial charge in [0, 0.05) is 103 Å². The second-order valence-electron chi connectivity index (χ2n) is 39.4. The summed E-state index contributed by atoms with van der Waals surface area (Å²) in [7, 11) is -11.0. The molecule has 27 nitrogen and oxygen atoms in total. The minimum Gasteiger partial charge on any atom is -0.468 e. The zero-order chi connectivity index (χ0) is 100. The molecule has 2 N–H and O–H groups in total. The summed E-state index contributed by atoms with van der Waals surface area (Å²) < 4.78 is 93.4. The van der Waals surface area contributed by atoms with Crippen LogP contribution >= 0.6 is 11.3 Å². The summed E-state index contributed by atoms with van der Waals surface area (Å²) in [5, 5.41) is 52.8. The van der Waals surface area contributed by atoms with Crippen LogP contribution in [-0.4, -0.2) is 378 Å². The van der Waals surface area contributed by atoms with Gasteiger partial charge in [0.15, 0.2) is 39.3 Å². The molecule has 2 aromatic heterocycles. The molecule has 798 valence electrons. The van der Waals surface area contributed by atoms with Crippen LogP contribution in [0, 0.1) is 45.3 Å². The van der Waals surface area contributed by atoms with Gasteiger partial charge in [0.1, 0.15) is 5.76 Å². The lowest BCUT2D eigenvalue weighted by Gasteiger charge is -2.25. The van der Waals surface area contributed by atoms with Crippen LogP contribution in [0.4, 0.5) is 0 Å². The van der Waals surface area contributed by atoms with Crippen LogP contribution in [0.2, 0.25) is 0 Å². The van der Waals surface area contributed by atoms with Crippen molar-refractivity contribution < 1.29 is 48.3 Å². The lowest BCUT2D eigenvalue weighted by Crippen LogP contribution is -2.41. The zero-order valence-corrected chi connectivity index (χ0v) is 91.5. The second kappa shape index (κ2) is 83.4. The number of likely N-dealkylation sites (tertiary alicyclic amines) is 8. The number of aliphatic hydroxyl groups is 2. The summed E-state index contributed by atoms with van der Waals surface area (Å²) in [5.41, 5.74) is 1.45. The van der Waals surface area contributed by atoms with Crippen molar-refractivity contribution in [3.8, 4) is 24.3 Å². The van der Waals surface area contributed by atoms with Crippen LogP contribution in [0.5, 0.6) is 0 Å². The average Bonchev–Trinajstić information content (AvgIpc) is 1.84. The highest BCUT2D eigenvalue weighted by atomic mass is 32.2. The molecule has 32 heteroatoms. The Kier molecular flexibility index (Phi) is 76.1. The topological polar surface area (TPSA) is 324 Å². The van der Waals surface area contributed by atoms with Crippen LogP contribution in [0.1, 0.15) is 294 Å². The first-order valence-corrected chi connectivity index (χ1v) is 63.0. The monoisotopic (exact) mass is 2040 g/mol. The Bertz CT molecular complexity index is 3850. The van der Waals surface area contributed by atoms with Gasteiger partial charge in [-0.05, 0) is 282 Å². The third-order valence-electron chi connectivity index (χ3n) is 27.6. The van der Waals surface area contributed by atoms with Crippen molar-refractivity contribution in [3.63, 3.8) is 0 Å². The van der Waals surface area contributed by atoms with Gasteiger partial charge in [-0.15, -0.1) is 11.3 Å². The van der Waals surface area contributed by atoms with Gasteiger partial charge in [0.05, 0.1) is 109 Å². The molecule has 0 radical (unpaired) electrons. The highest BCUT2D eigenvalue weighted by molar-refractivity contribution is 7.92. The number of β-amino-alcohol motifs (C(OH)–C–C–N with tert-alkyl or cyclic N) is 2. The smallest absolute Gasteiger partial charge is 0.152 e. The lowest BCUT2D eigenvalue weighted by atomic mass is 10.2. The largest absolute Gasteiger partial charge is 0.468 e. The Hall–Kier alpha value is -4.60. The van der Waals surface area contributed by atoms with E-state index in [1.807, 2.05) is 34.1 Å². The maximum atomic E-state index is 11.2. The minimum absolute atomic E-state index is 0.111. The molecule has 139 heavy (non-hydrogen) atoms. The number of hydrogen-bond donors (Lipinski definition) is 2. The molecule has 0 atom stereocenters. The number of hydrogen-bond acceptors (Lipinski definition) is 28. The van der Waals surface area contributed by atoms with Gasteiger partial charge in [-0.2, -0.15) is 21.0 Å². The maximum Gasteiger partial charge on any atom is 0.152 e. The van der Waals surface area contributed by atoms with Crippen molar-refractivity contribution in [2.45, 2.75) is 297 Å². The van der Waals surface area contributed by atoms with Crippen molar-refractivity contribution in [1.29, 1.82) is 21.0 Å². The Morgan fingerprint density at radius 3 is 0.921 bits per heavy atom. The predicted octanol–water partition coefficient (Wildman–Crippen LogP) is 16.3. The number of aliphatic hydroxyl groups excluding tert-OH is 2. The van der Waals surface area contributed by atoms with E-state index in [-0.39, 0.29) is 41.1 Å². The fraction of sp³-hybridized carbons (Fsp3) is 0.832. The molecule has 12 aliphatic rings. The summed E-state index contributed by atoms with van der Waals surface area (Å²) in [6, 6.07) is 27.3.